The number of nitrogens with two attached hydrogens (primary N) is 2. The summed E-state index contributed by atoms with van der Waals surface area (Å²) in [5.74, 6) is -1.07. The lowest BCUT2D eigenvalue weighted by Crippen LogP contribution is -2.21. The van der Waals surface area contributed by atoms with Crippen molar-refractivity contribution in [2.75, 3.05) is 6.54 Å². The molecule has 5 heteroatoms. The van der Waals surface area contributed by atoms with Gasteiger partial charge in [-0.2, -0.15) is 0 Å². The predicted molar refractivity (Wildman–Crippen MR) is 54.4 cm³/mol. The van der Waals surface area contributed by atoms with Gasteiger partial charge in [-0.15, -0.1) is 0 Å². The Morgan fingerprint density at radius 2 is 2.21 bits per heavy atom. The van der Waals surface area contributed by atoms with E-state index >= 15 is 0 Å². The zero-order valence-electron chi connectivity index (χ0n) is 7.40. The van der Waals surface area contributed by atoms with E-state index in [-0.39, 0.29) is 17.1 Å². The van der Waals surface area contributed by atoms with Crippen LogP contribution in [0.5, 0.6) is 0 Å². The van der Waals surface area contributed by atoms with Crippen molar-refractivity contribution in [3.8, 4) is 0 Å². The average Bonchev–Trinajstić information content (AvgIpc) is 2.16. The highest BCUT2D eigenvalue weighted by atomic mass is 35.5. The minimum atomic E-state index is -1.07. The summed E-state index contributed by atoms with van der Waals surface area (Å²) in [6.45, 7) is 0.225. The molecule has 0 fully saturated rings. The van der Waals surface area contributed by atoms with Gasteiger partial charge in [-0.3, -0.25) is 0 Å². The van der Waals surface area contributed by atoms with Gasteiger partial charge in [0, 0.05) is 12.6 Å². The van der Waals surface area contributed by atoms with E-state index in [4.69, 9.17) is 28.2 Å². The molecule has 1 atom stereocenters. The van der Waals surface area contributed by atoms with Crippen LogP contribution in [0.2, 0.25) is 5.02 Å². The second kappa shape index (κ2) is 4.41. The third-order valence-electron chi connectivity index (χ3n) is 1.91. The maximum Gasteiger partial charge on any atom is 0.337 e. The normalized spacial score (nSPS) is 12.5. The number of hydrogen-bond acceptors (Lipinski definition) is 3. The first-order valence-electron chi connectivity index (χ1n) is 4.05. The molecule has 14 heavy (non-hydrogen) atoms. The lowest BCUT2D eigenvalue weighted by Gasteiger charge is -2.12. The van der Waals surface area contributed by atoms with E-state index in [1.807, 2.05) is 0 Å². The fraction of sp³-hybridized carbons (Fsp3) is 0.222. The van der Waals surface area contributed by atoms with E-state index in [1.54, 1.807) is 12.1 Å². The summed E-state index contributed by atoms with van der Waals surface area (Å²) in [6, 6.07) is 4.27. The quantitative estimate of drug-likeness (QED) is 0.700. The Bertz CT molecular complexity index is 355. The summed E-state index contributed by atoms with van der Waals surface area (Å²) >= 11 is 5.86. The van der Waals surface area contributed by atoms with Crippen LogP contribution >= 0.6 is 11.6 Å². The summed E-state index contributed by atoms with van der Waals surface area (Å²) in [5, 5.41) is 8.95. The van der Waals surface area contributed by atoms with Gasteiger partial charge < -0.3 is 16.6 Å². The Morgan fingerprint density at radius 1 is 1.57 bits per heavy atom. The summed E-state index contributed by atoms with van der Waals surface area (Å²) in [4.78, 5) is 10.7. The van der Waals surface area contributed by atoms with Crippen molar-refractivity contribution in [2.24, 2.45) is 11.5 Å². The Morgan fingerprint density at radius 3 is 2.71 bits per heavy atom. The first kappa shape index (κ1) is 11.0. The van der Waals surface area contributed by atoms with Crippen molar-refractivity contribution >= 4 is 17.6 Å². The molecule has 0 aromatic heterocycles. The number of rotatable bonds is 3. The molecule has 0 bridgehead atoms. The number of halogens is 1. The highest BCUT2D eigenvalue weighted by molar-refractivity contribution is 6.34. The first-order valence-corrected chi connectivity index (χ1v) is 4.43. The van der Waals surface area contributed by atoms with Crippen LogP contribution in [0.4, 0.5) is 0 Å². The molecule has 0 aliphatic carbocycles. The van der Waals surface area contributed by atoms with Gasteiger partial charge in [0.25, 0.3) is 0 Å². The van der Waals surface area contributed by atoms with Gasteiger partial charge in [-0.05, 0) is 11.6 Å². The SMILES string of the molecule is NCC(N)c1cccc(C(=O)O)c1Cl. The molecule has 1 aromatic rings. The smallest absolute Gasteiger partial charge is 0.337 e. The van der Waals surface area contributed by atoms with Crippen molar-refractivity contribution in [3.63, 3.8) is 0 Å². The van der Waals surface area contributed by atoms with Crippen molar-refractivity contribution < 1.29 is 9.90 Å². The van der Waals surface area contributed by atoms with Crippen molar-refractivity contribution in [1.82, 2.24) is 0 Å². The van der Waals surface area contributed by atoms with Gasteiger partial charge in [0.2, 0.25) is 0 Å². The van der Waals surface area contributed by atoms with E-state index in [0.717, 1.165) is 0 Å². The molecule has 76 valence electrons. The number of hydrogen-bond donors (Lipinski definition) is 3. The van der Waals surface area contributed by atoms with Crippen LogP contribution < -0.4 is 11.5 Å². The van der Waals surface area contributed by atoms with Crippen LogP contribution in [0.1, 0.15) is 22.0 Å². The second-order valence-electron chi connectivity index (χ2n) is 2.86. The Hall–Kier alpha value is -1.10. The van der Waals surface area contributed by atoms with Crippen LogP contribution in [0, 0.1) is 0 Å². The van der Waals surface area contributed by atoms with Gasteiger partial charge >= 0.3 is 5.97 Å². The monoisotopic (exact) mass is 214 g/mol. The van der Waals surface area contributed by atoms with E-state index in [0.29, 0.717) is 5.56 Å². The largest absolute Gasteiger partial charge is 0.478 e. The topological polar surface area (TPSA) is 89.3 Å². The number of carbonyl (C=O) groups is 1. The molecule has 0 heterocycles. The van der Waals surface area contributed by atoms with Crippen LogP contribution in [-0.2, 0) is 0 Å². The molecule has 1 rings (SSSR count). The highest BCUT2D eigenvalue weighted by Gasteiger charge is 2.15. The van der Waals surface area contributed by atoms with Gasteiger partial charge in [0.15, 0.2) is 0 Å². The number of benzene rings is 1. The highest BCUT2D eigenvalue weighted by Crippen LogP contribution is 2.24. The fourth-order valence-corrected chi connectivity index (χ4v) is 1.48. The van der Waals surface area contributed by atoms with Crippen molar-refractivity contribution in [1.29, 1.82) is 0 Å². The van der Waals surface area contributed by atoms with E-state index < -0.39 is 12.0 Å². The van der Waals surface area contributed by atoms with Gasteiger partial charge in [-0.1, -0.05) is 23.7 Å². The summed E-state index contributed by atoms with van der Waals surface area (Å²) in [6.07, 6.45) is 0. The molecule has 0 saturated heterocycles. The molecule has 0 saturated carbocycles. The van der Waals surface area contributed by atoms with Crippen LogP contribution in [0.25, 0.3) is 0 Å². The second-order valence-corrected chi connectivity index (χ2v) is 3.23. The number of carboxylic acid groups (broad SMARTS) is 1. The molecular formula is C9H11ClN2O2. The predicted octanol–water partition coefficient (Wildman–Crippen LogP) is 0.997. The molecular weight excluding hydrogens is 204 g/mol. The summed E-state index contributed by atoms with van der Waals surface area (Å²) in [5.41, 5.74) is 11.6. The van der Waals surface area contributed by atoms with E-state index in [9.17, 15) is 4.79 Å². The lowest BCUT2D eigenvalue weighted by molar-refractivity contribution is 0.0697. The molecule has 0 aliphatic rings. The van der Waals surface area contributed by atoms with Gasteiger partial charge in [0.1, 0.15) is 0 Å². The van der Waals surface area contributed by atoms with Crippen molar-refractivity contribution in [2.45, 2.75) is 6.04 Å². The standard InChI is InChI=1S/C9H11ClN2O2/c10-8-5(7(12)4-11)2-1-3-6(8)9(13)14/h1-3,7H,4,11-12H2,(H,13,14). The molecule has 4 nitrogen and oxygen atoms in total. The molecule has 5 N–H and O–H groups in total. The Labute approximate surface area is 86.5 Å². The Kier molecular flexibility index (Phi) is 3.46. The first-order chi connectivity index (χ1) is 6.57. The van der Waals surface area contributed by atoms with Crippen LogP contribution in [0.3, 0.4) is 0 Å². The Balaban J connectivity index is 3.20. The number of aromatic carboxylic acids is 1. The fourth-order valence-electron chi connectivity index (χ4n) is 1.13. The van der Waals surface area contributed by atoms with Gasteiger partial charge in [0.05, 0.1) is 10.6 Å². The zero-order chi connectivity index (χ0) is 10.7. The summed E-state index contributed by atoms with van der Waals surface area (Å²) < 4.78 is 0. The third-order valence-corrected chi connectivity index (χ3v) is 2.33. The third kappa shape index (κ3) is 2.04. The molecule has 0 amide bonds. The van der Waals surface area contributed by atoms with E-state index in [1.165, 1.54) is 6.07 Å². The molecule has 0 radical (unpaired) electrons. The minimum absolute atomic E-state index is 0.0491. The average molecular weight is 215 g/mol. The lowest BCUT2D eigenvalue weighted by atomic mass is 10.0. The van der Waals surface area contributed by atoms with Crippen LogP contribution in [-0.4, -0.2) is 17.6 Å². The van der Waals surface area contributed by atoms with E-state index in [2.05, 4.69) is 0 Å². The molecule has 1 unspecified atom stereocenters. The molecule has 0 spiro atoms. The minimum Gasteiger partial charge on any atom is -0.478 e. The number of carboxylic acids is 1. The summed E-state index contributed by atoms with van der Waals surface area (Å²) in [7, 11) is 0. The maximum absolute atomic E-state index is 10.7. The van der Waals surface area contributed by atoms with Crippen LogP contribution in [0.15, 0.2) is 18.2 Å². The zero-order valence-corrected chi connectivity index (χ0v) is 8.16. The molecule has 1 aromatic carbocycles. The maximum atomic E-state index is 10.7. The van der Waals surface area contributed by atoms with Crippen molar-refractivity contribution in [3.05, 3.63) is 34.3 Å². The van der Waals surface area contributed by atoms with Gasteiger partial charge in [-0.25, -0.2) is 4.79 Å². The molecule has 0 aliphatic heterocycles.